The quantitative estimate of drug-likeness (QED) is 0.195. The minimum atomic E-state index is -1.06. The molecule has 13 nitrogen and oxygen atoms in total. The highest BCUT2D eigenvalue weighted by Gasteiger charge is 2.42. The molecule has 1 saturated heterocycles. The first-order valence-corrected chi connectivity index (χ1v) is 16.7. The molecule has 2 aromatic carbocycles. The highest BCUT2D eigenvalue weighted by atomic mass is 16.6. The molecule has 0 aliphatic carbocycles. The van der Waals surface area contributed by atoms with Gasteiger partial charge in [-0.15, -0.1) is 4.99 Å². The lowest BCUT2D eigenvalue weighted by Crippen LogP contribution is -2.52. The third kappa shape index (κ3) is 12.8. The maximum absolute atomic E-state index is 13.9. The van der Waals surface area contributed by atoms with Crippen molar-refractivity contribution in [3.63, 3.8) is 0 Å². The fraction of sp³-hybridized carbons (Fsp3) is 0.514. The maximum atomic E-state index is 13.9. The number of ether oxygens (including phenoxy) is 3. The lowest BCUT2D eigenvalue weighted by atomic mass is 9.95. The van der Waals surface area contributed by atoms with E-state index >= 15 is 0 Å². The number of carbonyl (C=O) groups is 5. The van der Waals surface area contributed by atoms with E-state index in [0.29, 0.717) is 18.5 Å². The van der Waals surface area contributed by atoms with Crippen molar-refractivity contribution in [3.05, 3.63) is 71.8 Å². The summed E-state index contributed by atoms with van der Waals surface area (Å²) in [5.41, 5.74) is -1.45. The summed E-state index contributed by atoms with van der Waals surface area (Å²) in [5.74, 6) is -1.54. The number of guanidine groups is 1. The number of benzene rings is 2. The summed E-state index contributed by atoms with van der Waals surface area (Å²) < 4.78 is 16.4. The van der Waals surface area contributed by atoms with E-state index in [1.807, 2.05) is 30.3 Å². The number of alkyl carbamates (subject to hydrolysis) is 1. The molecule has 1 heterocycles. The summed E-state index contributed by atoms with van der Waals surface area (Å²) in [6.07, 6.45) is -2.31. The molecule has 13 heteroatoms. The van der Waals surface area contributed by atoms with Crippen LogP contribution >= 0.6 is 0 Å². The van der Waals surface area contributed by atoms with Crippen molar-refractivity contribution in [2.24, 2.45) is 10.9 Å². The van der Waals surface area contributed by atoms with Crippen LogP contribution in [-0.2, 0) is 25.5 Å². The third-order valence-electron chi connectivity index (χ3n) is 7.18. The van der Waals surface area contributed by atoms with Crippen LogP contribution in [0.25, 0.3) is 0 Å². The molecule has 272 valence electrons. The lowest BCUT2D eigenvalue weighted by molar-refractivity contribution is -0.126. The number of rotatable bonds is 7. The van der Waals surface area contributed by atoms with E-state index < -0.39 is 53.0 Å². The molecule has 3 rings (SSSR count). The van der Waals surface area contributed by atoms with Gasteiger partial charge in [-0.25, -0.2) is 19.3 Å². The molecule has 0 aromatic heterocycles. The largest absolute Gasteiger partial charge is 0.444 e. The van der Waals surface area contributed by atoms with Gasteiger partial charge in [0.1, 0.15) is 22.8 Å². The van der Waals surface area contributed by atoms with E-state index in [-0.39, 0.29) is 31.3 Å². The van der Waals surface area contributed by atoms with Crippen LogP contribution in [0.4, 0.5) is 14.4 Å². The van der Waals surface area contributed by atoms with Crippen molar-refractivity contribution < 1.29 is 38.2 Å². The number of nitrogens with zero attached hydrogens (tertiary/aromatic N) is 3. The number of likely N-dealkylation sites (tertiary alicyclic amines) is 1. The molecule has 2 atom stereocenters. The molecule has 1 aliphatic rings. The van der Waals surface area contributed by atoms with E-state index in [1.54, 1.807) is 97.5 Å². The van der Waals surface area contributed by atoms with Crippen LogP contribution in [0.3, 0.4) is 0 Å². The van der Waals surface area contributed by atoms with Crippen molar-refractivity contribution in [2.75, 3.05) is 13.1 Å². The van der Waals surface area contributed by atoms with Crippen LogP contribution in [0, 0.1) is 5.92 Å². The van der Waals surface area contributed by atoms with E-state index in [0.717, 1.165) is 10.5 Å². The van der Waals surface area contributed by atoms with Crippen LogP contribution in [0.2, 0.25) is 0 Å². The molecule has 0 saturated carbocycles. The van der Waals surface area contributed by atoms with Crippen molar-refractivity contribution in [2.45, 2.75) is 105 Å². The van der Waals surface area contributed by atoms with Gasteiger partial charge in [0.15, 0.2) is 0 Å². The predicted octanol–water partition coefficient (Wildman–Crippen LogP) is 6.28. The van der Waals surface area contributed by atoms with Crippen LogP contribution in [0.1, 0.15) is 91.1 Å². The van der Waals surface area contributed by atoms with Gasteiger partial charge in [-0.05, 0) is 98.8 Å². The Balaban J connectivity index is 1.97. The average molecular weight is 694 g/mol. The topological polar surface area (TPSA) is 156 Å². The van der Waals surface area contributed by atoms with Crippen LogP contribution < -0.4 is 10.6 Å². The molecule has 1 aliphatic heterocycles. The maximum Gasteiger partial charge on any atom is 0.437 e. The molecule has 2 N–H and O–H groups in total. The average Bonchev–Trinajstić information content (AvgIpc) is 3.41. The second-order valence-electron chi connectivity index (χ2n) is 15.0. The number of hydrogen-bond donors (Lipinski definition) is 2. The molecule has 1 fully saturated rings. The first-order valence-electron chi connectivity index (χ1n) is 16.7. The lowest BCUT2D eigenvalue weighted by Gasteiger charge is -2.31. The van der Waals surface area contributed by atoms with E-state index in [9.17, 15) is 24.0 Å². The first kappa shape index (κ1) is 39.5. The SMILES string of the molecule is CC(C)(C)OC(=O)/N=C(/NC(=O)OC(C)(C)C)N(CC[C@@H]1CCN(C(=O)c2ccccc2)[C@@H]1C(=O)NCc1ccccc1)C(=O)OC(C)(C)C. The fourth-order valence-electron chi connectivity index (χ4n) is 5.20. The Kier molecular flexibility index (Phi) is 13.1. The Labute approximate surface area is 294 Å². The van der Waals surface area contributed by atoms with Gasteiger partial charge in [0.25, 0.3) is 5.91 Å². The standard InChI is InChI=1S/C37H51N5O8/c1-35(2,3)48-32(45)39-31(40-33(46)49-36(4,5)6)42(34(47)50-37(7,8)9)23-21-26-20-22-41(30(44)27-18-14-11-15-19-27)28(26)29(43)38-24-25-16-12-10-13-17-25/h10-19,26,28H,20-24H2,1-9H3,(H,38,43)(H,39,40,45,46)/t26-,28-/m0/s1. The Morgan fingerprint density at radius 3 is 1.92 bits per heavy atom. The molecule has 0 unspecified atom stereocenters. The fourth-order valence-corrected chi connectivity index (χ4v) is 5.20. The second-order valence-corrected chi connectivity index (χ2v) is 15.0. The zero-order valence-electron chi connectivity index (χ0n) is 30.6. The summed E-state index contributed by atoms with van der Waals surface area (Å²) in [4.78, 5) is 73.6. The van der Waals surface area contributed by atoms with Crippen molar-refractivity contribution in [3.8, 4) is 0 Å². The number of carbonyl (C=O) groups excluding carboxylic acids is 5. The van der Waals surface area contributed by atoms with Gasteiger partial charge >= 0.3 is 18.3 Å². The van der Waals surface area contributed by atoms with E-state index in [1.165, 1.54) is 0 Å². The molecule has 0 bridgehead atoms. The smallest absolute Gasteiger partial charge is 0.437 e. The van der Waals surface area contributed by atoms with Crippen molar-refractivity contribution in [1.82, 2.24) is 20.4 Å². The summed E-state index contributed by atoms with van der Waals surface area (Å²) in [6, 6.07) is 17.2. The van der Waals surface area contributed by atoms with Gasteiger partial charge in [-0.1, -0.05) is 48.5 Å². The highest BCUT2D eigenvalue weighted by Crippen LogP contribution is 2.30. The monoisotopic (exact) mass is 693 g/mol. The van der Waals surface area contributed by atoms with Crippen molar-refractivity contribution in [1.29, 1.82) is 0 Å². The summed E-state index contributed by atoms with van der Waals surface area (Å²) in [7, 11) is 0. The minimum absolute atomic E-state index is 0.146. The molecule has 2 aromatic rings. The number of amides is 5. The molecule has 50 heavy (non-hydrogen) atoms. The minimum Gasteiger partial charge on any atom is -0.444 e. The van der Waals surface area contributed by atoms with Gasteiger partial charge in [0.05, 0.1) is 0 Å². The zero-order valence-corrected chi connectivity index (χ0v) is 30.6. The van der Waals surface area contributed by atoms with E-state index in [2.05, 4.69) is 15.6 Å². The molecular formula is C37H51N5O8. The summed E-state index contributed by atoms with van der Waals surface area (Å²) in [5, 5.41) is 5.39. The summed E-state index contributed by atoms with van der Waals surface area (Å²) >= 11 is 0. The second kappa shape index (κ2) is 16.6. The van der Waals surface area contributed by atoms with Gasteiger partial charge in [0.2, 0.25) is 11.9 Å². The number of nitrogens with one attached hydrogen (secondary N) is 2. The first-order chi connectivity index (χ1) is 23.2. The molecule has 5 amide bonds. The van der Waals surface area contributed by atoms with Gasteiger partial charge < -0.3 is 24.4 Å². The zero-order chi connectivity index (χ0) is 37.3. The Morgan fingerprint density at radius 2 is 1.36 bits per heavy atom. The van der Waals surface area contributed by atoms with Gasteiger partial charge in [-0.3, -0.25) is 14.9 Å². The molecular weight excluding hydrogens is 642 g/mol. The van der Waals surface area contributed by atoms with Crippen LogP contribution in [0.5, 0.6) is 0 Å². The molecule has 0 radical (unpaired) electrons. The highest BCUT2D eigenvalue weighted by molar-refractivity contribution is 6.05. The van der Waals surface area contributed by atoms with Crippen LogP contribution in [0.15, 0.2) is 65.7 Å². The number of hydrogen-bond acceptors (Lipinski definition) is 8. The van der Waals surface area contributed by atoms with Gasteiger partial charge in [0, 0.05) is 25.2 Å². The van der Waals surface area contributed by atoms with Gasteiger partial charge in [-0.2, -0.15) is 0 Å². The summed E-state index contributed by atoms with van der Waals surface area (Å²) in [6.45, 7) is 15.4. The normalized spacial score (nSPS) is 16.7. The third-order valence-corrected chi connectivity index (χ3v) is 7.18. The Bertz CT molecular complexity index is 1520. The van der Waals surface area contributed by atoms with E-state index in [4.69, 9.17) is 14.2 Å². The molecule has 0 spiro atoms. The Hall–Kier alpha value is -4.94. The predicted molar refractivity (Wildman–Crippen MR) is 188 cm³/mol. The number of aliphatic imine (C=N–C) groups is 1. The Morgan fingerprint density at radius 1 is 0.800 bits per heavy atom. The van der Waals surface area contributed by atoms with Crippen LogP contribution in [-0.4, -0.2) is 81.8 Å². The van der Waals surface area contributed by atoms with Crippen molar-refractivity contribution >= 4 is 36.1 Å².